The van der Waals surface area contributed by atoms with E-state index in [1.165, 1.54) is 11.8 Å². The number of hydrogen-bond acceptors (Lipinski definition) is 4. The molecule has 5 nitrogen and oxygen atoms in total. The Labute approximate surface area is 176 Å². The third-order valence-electron chi connectivity index (χ3n) is 5.22. The molecular weight excluding hydrogens is 382 g/mol. The topological polar surface area (TPSA) is 56.9 Å². The normalized spacial score (nSPS) is 11.3. The molecule has 0 radical (unpaired) electrons. The Morgan fingerprint density at radius 3 is 2.55 bits per heavy atom. The van der Waals surface area contributed by atoms with E-state index in [0.29, 0.717) is 22.6 Å². The van der Waals surface area contributed by atoms with Gasteiger partial charge in [0.05, 0.1) is 16.7 Å². The summed E-state index contributed by atoms with van der Waals surface area (Å²) in [5, 5.41) is 1.25. The number of hydrogen-bond donors (Lipinski definition) is 0. The van der Waals surface area contributed by atoms with E-state index in [1.807, 2.05) is 44.2 Å². The zero-order chi connectivity index (χ0) is 21.0. The van der Waals surface area contributed by atoms with Crippen LogP contribution in [0.4, 0.5) is 0 Å². The molecule has 1 aromatic carbocycles. The summed E-state index contributed by atoms with van der Waals surface area (Å²) >= 11 is 1.36. The average molecular weight is 412 g/mol. The maximum atomic E-state index is 13.0. The molecule has 0 bridgehead atoms. The maximum absolute atomic E-state index is 13.0. The van der Waals surface area contributed by atoms with Crippen LogP contribution in [-0.2, 0) is 13.1 Å². The average Bonchev–Trinajstić information content (AvgIpc) is 3.00. The second-order valence-electron chi connectivity index (χ2n) is 7.37. The number of Topliss-reactive ketones (excluding diaryl/α,β-unsaturated/α-hetero) is 1. The number of thioether (sulfide) groups is 1. The van der Waals surface area contributed by atoms with E-state index in [9.17, 15) is 9.59 Å². The van der Waals surface area contributed by atoms with Crippen molar-refractivity contribution in [2.75, 3.05) is 5.75 Å². The standard InChI is InChI=1S/C23H29N3O2S/c1-5-7-13-26-22(28)18-10-8-9-11-20(18)24-23(26)29-15-21(27)19-14-16(3)25(12-6-2)17(19)4/h8-11,14H,5-7,12-13,15H2,1-4H3. The van der Waals surface area contributed by atoms with Crippen LogP contribution in [0.3, 0.4) is 0 Å². The molecule has 3 aromatic rings. The van der Waals surface area contributed by atoms with Gasteiger partial charge >= 0.3 is 0 Å². The molecule has 2 aromatic heterocycles. The van der Waals surface area contributed by atoms with Crippen LogP contribution in [0, 0.1) is 13.8 Å². The molecule has 0 saturated carbocycles. The second kappa shape index (κ2) is 9.44. The Morgan fingerprint density at radius 2 is 1.83 bits per heavy atom. The first-order chi connectivity index (χ1) is 14.0. The van der Waals surface area contributed by atoms with Gasteiger partial charge in [0.25, 0.3) is 5.56 Å². The second-order valence-corrected chi connectivity index (χ2v) is 8.31. The number of benzene rings is 1. The van der Waals surface area contributed by atoms with Crippen LogP contribution in [0.2, 0.25) is 0 Å². The van der Waals surface area contributed by atoms with Crippen molar-refractivity contribution in [1.82, 2.24) is 14.1 Å². The lowest BCUT2D eigenvalue weighted by atomic mass is 10.2. The van der Waals surface area contributed by atoms with Gasteiger partial charge in [-0.25, -0.2) is 4.98 Å². The number of aromatic nitrogens is 3. The number of rotatable bonds is 9. The number of para-hydroxylation sites is 1. The highest BCUT2D eigenvalue weighted by atomic mass is 32.2. The van der Waals surface area contributed by atoms with E-state index in [4.69, 9.17) is 4.98 Å². The molecular formula is C23H29N3O2S. The van der Waals surface area contributed by atoms with Gasteiger partial charge < -0.3 is 4.57 Å². The molecule has 0 fully saturated rings. The first-order valence-corrected chi connectivity index (χ1v) is 11.3. The van der Waals surface area contributed by atoms with E-state index in [1.54, 1.807) is 4.57 Å². The smallest absolute Gasteiger partial charge is 0.262 e. The fourth-order valence-corrected chi connectivity index (χ4v) is 4.54. The highest BCUT2D eigenvalue weighted by molar-refractivity contribution is 7.99. The van der Waals surface area contributed by atoms with Gasteiger partial charge in [-0.2, -0.15) is 0 Å². The molecule has 0 aliphatic carbocycles. The predicted octanol–water partition coefficient (Wildman–Crippen LogP) is 5.00. The van der Waals surface area contributed by atoms with Crippen LogP contribution >= 0.6 is 11.8 Å². The first kappa shape index (κ1) is 21.4. The van der Waals surface area contributed by atoms with Crippen molar-refractivity contribution in [3.05, 3.63) is 57.6 Å². The number of aryl methyl sites for hydroxylation is 1. The molecule has 6 heteroatoms. The summed E-state index contributed by atoms with van der Waals surface area (Å²) in [5.41, 5.74) is 3.55. The van der Waals surface area contributed by atoms with Gasteiger partial charge in [-0.1, -0.05) is 44.2 Å². The largest absolute Gasteiger partial charge is 0.348 e. The zero-order valence-corrected chi connectivity index (χ0v) is 18.5. The Morgan fingerprint density at radius 1 is 1.07 bits per heavy atom. The SMILES string of the molecule is CCCCn1c(SCC(=O)c2cc(C)n(CCC)c2C)nc2ccccc2c1=O. The Bertz CT molecular complexity index is 1080. The molecule has 154 valence electrons. The minimum Gasteiger partial charge on any atom is -0.348 e. The fourth-order valence-electron chi connectivity index (χ4n) is 3.63. The summed E-state index contributed by atoms with van der Waals surface area (Å²) in [6, 6.07) is 9.39. The van der Waals surface area contributed by atoms with Crippen molar-refractivity contribution in [2.45, 2.75) is 65.2 Å². The molecule has 2 heterocycles. The number of nitrogens with zero attached hydrogens (tertiary/aromatic N) is 3. The maximum Gasteiger partial charge on any atom is 0.262 e. The van der Waals surface area contributed by atoms with Crippen LogP contribution < -0.4 is 5.56 Å². The fraction of sp³-hybridized carbons (Fsp3) is 0.435. The molecule has 29 heavy (non-hydrogen) atoms. The Balaban J connectivity index is 1.89. The van der Waals surface area contributed by atoms with Gasteiger partial charge in [0.2, 0.25) is 0 Å². The molecule has 0 unspecified atom stereocenters. The van der Waals surface area contributed by atoms with Gasteiger partial charge in [0.15, 0.2) is 10.9 Å². The molecule has 0 aliphatic rings. The Hall–Kier alpha value is -2.34. The first-order valence-electron chi connectivity index (χ1n) is 10.3. The molecule has 0 spiro atoms. The van der Waals surface area contributed by atoms with Crippen molar-refractivity contribution in [3.8, 4) is 0 Å². The highest BCUT2D eigenvalue weighted by Crippen LogP contribution is 2.22. The van der Waals surface area contributed by atoms with Crippen LogP contribution in [-0.4, -0.2) is 25.7 Å². The van der Waals surface area contributed by atoms with Gasteiger partial charge in [0, 0.05) is 30.0 Å². The van der Waals surface area contributed by atoms with Crippen molar-refractivity contribution in [2.24, 2.45) is 0 Å². The van der Waals surface area contributed by atoms with Gasteiger partial charge in [-0.15, -0.1) is 0 Å². The summed E-state index contributed by atoms with van der Waals surface area (Å²) < 4.78 is 3.92. The number of carbonyl (C=O) groups excluding carboxylic acids is 1. The minimum atomic E-state index is -0.0277. The van der Waals surface area contributed by atoms with E-state index in [2.05, 4.69) is 18.4 Å². The number of carbonyl (C=O) groups is 1. The van der Waals surface area contributed by atoms with Gasteiger partial charge in [0.1, 0.15) is 0 Å². The molecule has 3 rings (SSSR count). The van der Waals surface area contributed by atoms with Crippen molar-refractivity contribution >= 4 is 28.4 Å². The summed E-state index contributed by atoms with van der Waals surface area (Å²) in [6.45, 7) is 9.82. The molecule has 0 aliphatic heterocycles. The number of unbranched alkanes of at least 4 members (excludes halogenated alkanes) is 1. The predicted molar refractivity (Wildman–Crippen MR) is 120 cm³/mol. The van der Waals surface area contributed by atoms with E-state index < -0.39 is 0 Å². The van der Waals surface area contributed by atoms with E-state index >= 15 is 0 Å². The van der Waals surface area contributed by atoms with Crippen LogP contribution in [0.15, 0.2) is 40.3 Å². The molecule has 0 atom stereocenters. The number of ketones is 1. The lowest BCUT2D eigenvalue weighted by Crippen LogP contribution is -2.24. The quantitative estimate of drug-likeness (QED) is 0.282. The monoisotopic (exact) mass is 411 g/mol. The number of fused-ring (bicyclic) bond motifs is 1. The molecule has 0 N–H and O–H groups in total. The highest BCUT2D eigenvalue weighted by Gasteiger charge is 2.18. The summed E-state index contributed by atoms with van der Waals surface area (Å²) in [5.74, 6) is 0.350. The van der Waals surface area contributed by atoms with E-state index in [-0.39, 0.29) is 17.1 Å². The van der Waals surface area contributed by atoms with Crippen LogP contribution in [0.1, 0.15) is 54.9 Å². The van der Waals surface area contributed by atoms with E-state index in [0.717, 1.165) is 42.8 Å². The van der Waals surface area contributed by atoms with Gasteiger partial charge in [-0.3, -0.25) is 14.2 Å². The lowest BCUT2D eigenvalue weighted by Gasteiger charge is -2.12. The van der Waals surface area contributed by atoms with Crippen molar-refractivity contribution in [3.63, 3.8) is 0 Å². The third kappa shape index (κ3) is 4.47. The minimum absolute atomic E-state index is 0.0277. The Kier molecular flexibility index (Phi) is 6.96. The van der Waals surface area contributed by atoms with Crippen LogP contribution in [0.25, 0.3) is 10.9 Å². The van der Waals surface area contributed by atoms with Crippen molar-refractivity contribution in [1.29, 1.82) is 0 Å². The van der Waals surface area contributed by atoms with Gasteiger partial charge in [-0.05, 0) is 44.9 Å². The summed E-state index contributed by atoms with van der Waals surface area (Å²) in [6.07, 6.45) is 2.93. The summed E-state index contributed by atoms with van der Waals surface area (Å²) in [7, 11) is 0. The summed E-state index contributed by atoms with van der Waals surface area (Å²) in [4.78, 5) is 30.6. The molecule has 0 amide bonds. The van der Waals surface area contributed by atoms with Crippen molar-refractivity contribution < 1.29 is 4.79 Å². The van der Waals surface area contributed by atoms with Crippen LogP contribution in [0.5, 0.6) is 0 Å². The zero-order valence-electron chi connectivity index (χ0n) is 17.7. The molecule has 0 saturated heterocycles. The lowest BCUT2D eigenvalue weighted by molar-refractivity contribution is 0.102. The third-order valence-corrected chi connectivity index (χ3v) is 6.19.